The average molecular weight is 767 g/mol. The van der Waals surface area contributed by atoms with Crippen LogP contribution in [0.1, 0.15) is 119 Å². The highest BCUT2D eigenvalue weighted by Gasteiger charge is 2.39. The predicted molar refractivity (Wildman–Crippen MR) is 228 cm³/mol. The van der Waals surface area contributed by atoms with Gasteiger partial charge >= 0.3 is 0 Å². The molecule has 8 aromatic rings. The number of carbonyl (C=O) groups is 4. The Bertz CT molecular complexity index is 2850. The molecule has 2 aliphatic rings. The highest BCUT2D eigenvalue weighted by Crippen LogP contribution is 2.47. The molecule has 10 rings (SSSR count). The molecule has 0 spiro atoms. The summed E-state index contributed by atoms with van der Waals surface area (Å²) in [6.45, 7) is 4.38. The van der Waals surface area contributed by atoms with E-state index in [1.165, 1.54) is 4.90 Å². The monoisotopic (exact) mass is 766 g/mol. The number of benzene rings is 7. The third-order valence-corrected chi connectivity index (χ3v) is 12.5. The van der Waals surface area contributed by atoms with E-state index in [-0.39, 0.29) is 17.9 Å². The van der Waals surface area contributed by atoms with Crippen LogP contribution < -0.4 is 4.90 Å². The summed E-state index contributed by atoms with van der Waals surface area (Å²) in [4.78, 5) is 60.5. The summed E-state index contributed by atoms with van der Waals surface area (Å²) < 4.78 is 4.94. The molecular weight excluding hydrogens is 725 g/mol. The van der Waals surface area contributed by atoms with Gasteiger partial charge in [0.15, 0.2) is 0 Å². The van der Waals surface area contributed by atoms with E-state index in [1.807, 2.05) is 66.7 Å². The largest absolute Gasteiger partial charge is 0.271 e. The number of amides is 4. The Balaban J connectivity index is 1.05. The zero-order valence-electron chi connectivity index (χ0n) is 32.6. The number of imide groups is 2. The van der Waals surface area contributed by atoms with Crippen molar-refractivity contribution in [3.8, 4) is 11.1 Å². The van der Waals surface area contributed by atoms with Crippen molar-refractivity contribution in [3.63, 3.8) is 0 Å². The maximum Gasteiger partial charge on any atom is 0.265 e. The van der Waals surface area contributed by atoms with Crippen molar-refractivity contribution in [2.24, 2.45) is 0 Å². The molecule has 0 N–H and O–H groups in total. The van der Waals surface area contributed by atoms with Gasteiger partial charge in [-0.2, -0.15) is 0 Å². The quantitative estimate of drug-likeness (QED) is 0.0497. The highest BCUT2D eigenvalue weighted by molar-refractivity contribution is 6.43. The van der Waals surface area contributed by atoms with Crippen molar-refractivity contribution in [1.82, 2.24) is 15.2 Å². The lowest BCUT2D eigenvalue weighted by molar-refractivity contribution is 0.0516. The molecule has 9 heteroatoms. The summed E-state index contributed by atoms with van der Waals surface area (Å²) in [5, 5.41) is 14.5. The lowest BCUT2D eigenvalue weighted by Crippen LogP contribution is -2.47. The molecule has 0 fully saturated rings. The number of carbonyl (C=O) groups excluding carboxylic acids is 4. The van der Waals surface area contributed by atoms with Crippen LogP contribution in [-0.4, -0.2) is 44.9 Å². The molecule has 0 aliphatic carbocycles. The Morgan fingerprint density at radius 1 is 0.500 bits per heavy atom. The van der Waals surface area contributed by atoms with Gasteiger partial charge in [-0.05, 0) is 104 Å². The van der Waals surface area contributed by atoms with Crippen LogP contribution in [-0.2, 0) is 0 Å². The van der Waals surface area contributed by atoms with Gasteiger partial charge in [-0.15, -0.1) is 0 Å². The van der Waals surface area contributed by atoms with E-state index in [1.54, 1.807) is 29.2 Å². The minimum atomic E-state index is -0.400. The van der Waals surface area contributed by atoms with E-state index in [2.05, 4.69) is 24.2 Å². The van der Waals surface area contributed by atoms with Crippen LogP contribution in [0.3, 0.4) is 0 Å². The molecule has 7 aromatic carbocycles. The van der Waals surface area contributed by atoms with Crippen LogP contribution in [0.2, 0.25) is 0 Å². The topological polar surface area (TPSA) is 114 Å². The summed E-state index contributed by atoms with van der Waals surface area (Å²) in [5.74, 6) is -1.24. The second-order valence-corrected chi connectivity index (χ2v) is 15.9. The summed E-state index contributed by atoms with van der Waals surface area (Å²) in [6.07, 6.45) is 10.3. The molecule has 0 atom stereocenters. The molecule has 9 nitrogen and oxygen atoms in total. The van der Waals surface area contributed by atoms with Crippen molar-refractivity contribution >= 4 is 83.4 Å². The molecular formula is C49H42N4O5. The van der Waals surface area contributed by atoms with Crippen LogP contribution in [0.4, 0.5) is 5.69 Å². The minimum Gasteiger partial charge on any atom is -0.271 e. The van der Waals surface area contributed by atoms with Gasteiger partial charge in [0.05, 0.1) is 5.69 Å². The second kappa shape index (κ2) is 14.2. The molecule has 0 saturated heterocycles. The standard InChI is InChI=1S/C49H42N4O5/c1-3-5-7-9-12-29(13-10-8-6-4-2)52-46(54)36-24-20-32-34-22-26-38-44-39(27-23-35(42(34)44)33-21-25-37(47(52)55)43(36)41(32)33)49(57)53(48(38)56)30-18-16-28(17-19-30)31-14-11-15-40-45(31)51-58-50-40/h11,14-27,29H,3-10,12-13H2,1-2H3. The molecule has 0 saturated carbocycles. The number of anilines is 1. The van der Waals surface area contributed by atoms with Gasteiger partial charge < -0.3 is 0 Å². The van der Waals surface area contributed by atoms with Crippen molar-refractivity contribution in [3.05, 3.63) is 113 Å². The SMILES string of the molecule is CCCCCCC(CCCCCC)N1C(=O)c2ccc3c4ccc5c6c(ccc(c7ccc(c2c37)C1=O)c64)C(=O)N(c1ccc(-c2cccc3nonc23)cc1)C5=O. The molecule has 4 amide bonds. The molecule has 2 aliphatic heterocycles. The number of hydrogen-bond acceptors (Lipinski definition) is 7. The molecule has 0 radical (unpaired) electrons. The van der Waals surface area contributed by atoms with Gasteiger partial charge in [0.25, 0.3) is 23.6 Å². The molecule has 1 aromatic heterocycles. The summed E-state index contributed by atoms with van der Waals surface area (Å²) in [6, 6.07) is 28.0. The van der Waals surface area contributed by atoms with Gasteiger partial charge in [0, 0.05) is 44.6 Å². The van der Waals surface area contributed by atoms with Crippen LogP contribution in [0.25, 0.3) is 65.3 Å². The maximum atomic E-state index is 14.5. The number of hydrogen-bond donors (Lipinski definition) is 0. The van der Waals surface area contributed by atoms with Crippen LogP contribution in [0, 0.1) is 0 Å². The molecule has 58 heavy (non-hydrogen) atoms. The summed E-state index contributed by atoms with van der Waals surface area (Å²) in [5.41, 5.74) is 5.40. The van der Waals surface area contributed by atoms with E-state index in [9.17, 15) is 19.2 Å². The first kappa shape index (κ1) is 35.9. The first-order valence-electron chi connectivity index (χ1n) is 20.7. The molecule has 0 bridgehead atoms. The molecule has 3 heterocycles. The van der Waals surface area contributed by atoms with Crippen molar-refractivity contribution < 1.29 is 23.8 Å². The molecule has 0 unspecified atom stereocenters. The zero-order chi connectivity index (χ0) is 39.7. The van der Waals surface area contributed by atoms with Crippen molar-refractivity contribution in [1.29, 1.82) is 0 Å². The van der Waals surface area contributed by atoms with E-state index < -0.39 is 11.8 Å². The van der Waals surface area contributed by atoms with E-state index in [0.29, 0.717) is 49.7 Å². The normalized spacial score (nSPS) is 14.3. The average Bonchev–Trinajstić information content (AvgIpc) is 3.74. The Hall–Kier alpha value is -6.48. The van der Waals surface area contributed by atoms with Gasteiger partial charge in [0.1, 0.15) is 11.0 Å². The van der Waals surface area contributed by atoms with Gasteiger partial charge in [-0.25, -0.2) is 9.53 Å². The number of nitrogens with zero attached hydrogens (tertiary/aromatic N) is 4. The maximum absolute atomic E-state index is 14.5. The Morgan fingerprint density at radius 3 is 1.50 bits per heavy atom. The third kappa shape index (κ3) is 5.36. The number of unbranched alkanes of at least 4 members (excludes halogenated alkanes) is 6. The molecule has 288 valence electrons. The van der Waals surface area contributed by atoms with E-state index in [0.717, 1.165) is 108 Å². The van der Waals surface area contributed by atoms with Crippen LogP contribution >= 0.6 is 0 Å². The fourth-order valence-corrected chi connectivity index (χ4v) is 9.70. The van der Waals surface area contributed by atoms with Crippen LogP contribution in [0.15, 0.2) is 95.6 Å². The Labute approximate surface area is 334 Å². The third-order valence-electron chi connectivity index (χ3n) is 12.5. The number of fused-ring (bicyclic) bond motifs is 3. The first-order valence-corrected chi connectivity index (χ1v) is 20.7. The van der Waals surface area contributed by atoms with Crippen molar-refractivity contribution in [2.45, 2.75) is 84.1 Å². The fourth-order valence-electron chi connectivity index (χ4n) is 9.70. The number of rotatable bonds is 13. The van der Waals surface area contributed by atoms with Gasteiger partial charge in [-0.1, -0.05) is 114 Å². The first-order chi connectivity index (χ1) is 28.4. The fraction of sp³-hybridized carbons (Fsp3) is 0.265. The second-order valence-electron chi connectivity index (χ2n) is 15.9. The number of aromatic nitrogens is 2. The lowest BCUT2D eigenvalue weighted by Gasteiger charge is -2.35. The van der Waals surface area contributed by atoms with E-state index >= 15 is 0 Å². The van der Waals surface area contributed by atoms with Gasteiger partial charge in [0.2, 0.25) is 0 Å². The Kier molecular flexibility index (Phi) is 8.77. The van der Waals surface area contributed by atoms with E-state index in [4.69, 9.17) is 4.63 Å². The lowest BCUT2D eigenvalue weighted by atomic mass is 9.82. The highest BCUT2D eigenvalue weighted by atomic mass is 16.6. The van der Waals surface area contributed by atoms with Crippen LogP contribution in [0.5, 0.6) is 0 Å². The summed E-state index contributed by atoms with van der Waals surface area (Å²) in [7, 11) is 0. The smallest absolute Gasteiger partial charge is 0.265 e. The van der Waals surface area contributed by atoms with Crippen molar-refractivity contribution in [2.75, 3.05) is 4.90 Å². The Morgan fingerprint density at radius 2 is 1.00 bits per heavy atom. The predicted octanol–water partition coefficient (Wildman–Crippen LogP) is 11.6. The van der Waals surface area contributed by atoms with Gasteiger partial charge in [-0.3, -0.25) is 24.1 Å². The zero-order valence-corrected chi connectivity index (χ0v) is 32.6. The minimum absolute atomic E-state index is 0.138. The summed E-state index contributed by atoms with van der Waals surface area (Å²) >= 11 is 0.